The quantitative estimate of drug-likeness (QED) is 0.704. The molecule has 2 N–H and O–H groups in total. The summed E-state index contributed by atoms with van der Waals surface area (Å²) in [6.45, 7) is 11.4. The molecule has 0 aromatic rings. The fourth-order valence-corrected chi connectivity index (χ4v) is 2.75. The molecule has 0 heterocycles. The highest BCUT2D eigenvalue weighted by Crippen LogP contribution is 2.43. The van der Waals surface area contributed by atoms with Gasteiger partial charge in [-0.3, -0.25) is 4.79 Å². The van der Waals surface area contributed by atoms with Crippen LogP contribution in [0.3, 0.4) is 0 Å². The van der Waals surface area contributed by atoms with Crippen molar-refractivity contribution in [3.05, 3.63) is 0 Å². The first kappa shape index (κ1) is 17.5. The van der Waals surface area contributed by atoms with Gasteiger partial charge in [-0.15, -0.1) is 0 Å². The van der Waals surface area contributed by atoms with Crippen molar-refractivity contribution in [2.75, 3.05) is 19.6 Å². The summed E-state index contributed by atoms with van der Waals surface area (Å²) < 4.78 is 0. The van der Waals surface area contributed by atoms with E-state index in [1.807, 2.05) is 0 Å². The zero-order valence-electron chi connectivity index (χ0n) is 14.0. The lowest BCUT2D eigenvalue weighted by Crippen LogP contribution is -2.44. The Morgan fingerprint density at radius 1 is 1.10 bits per heavy atom. The largest absolute Gasteiger partial charge is 0.343 e. The van der Waals surface area contributed by atoms with Gasteiger partial charge in [0, 0.05) is 19.5 Å². The molecule has 0 bridgehead atoms. The summed E-state index contributed by atoms with van der Waals surface area (Å²) in [6.07, 6.45) is 6.37. The molecule has 0 unspecified atom stereocenters. The van der Waals surface area contributed by atoms with E-state index in [1.165, 1.54) is 6.42 Å². The van der Waals surface area contributed by atoms with Gasteiger partial charge >= 0.3 is 0 Å². The smallest absolute Gasteiger partial charge is 0.223 e. The van der Waals surface area contributed by atoms with Crippen molar-refractivity contribution in [3.8, 4) is 0 Å². The van der Waals surface area contributed by atoms with E-state index in [-0.39, 0.29) is 5.41 Å². The van der Waals surface area contributed by atoms with Gasteiger partial charge in [-0.1, -0.05) is 34.1 Å². The van der Waals surface area contributed by atoms with E-state index in [0.717, 1.165) is 38.8 Å². The number of hydrogen-bond donors (Lipinski definition) is 1. The third kappa shape index (κ3) is 5.43. The van der Waals surface area contributed by atoms with E-state index < -0.39 is 0 Å². The minimum absolute atomic E-state index is 0.130. The van der Waals surface area contributed by atoms with Gasteiger partial charge in [-0.2, -0.15) is 0 Å². The summed E-state index contributed by atoms with van der Waals surface area (Å²) in [4.78, 5) is 14.7. The van der Waals surface area contributed by atoms with Crippen LogP contribution < -0.4 is 5.73 Å². The second-order valence-corrected chi connectivity index (χ2v) is 7.48. The lowest BCUT2D eigenvalue weighted by Gasteiger charge is -2.41. The van der Waals surface area contributed by atoms with Gasteiger partial charge in [0.15, 0.2) is 0 Å². The zero-order chi connectivity index (χ0) is 15.2. The first-order chi connectivity index (χ1) is 9.38. The SMILES string of the molecule is CC(C)CCN(CCC(C)C)C(=O)CC1(CN)CCC1. The molecule has 1 amide bonds. The number of carbonyl (C=O) groups is 1. The number of carbonyl (C=O) groups excluding carboxylic acids is 1. The van der Waals surface area contributed by atoms with Gasteiger partial charge in [0.1, 0.15) is 0 Å². The molecule has 1 rings (SSSR count). The Morgan fingerprint density at radius 2 is 1.60 bits per heavy atom. The Hall–Kier alpha value is -0.570. The van der Waals surface area contributed by atoms with Gasteiger partial charge in [0.25, 0.3) is 0 Å². The lowest BCUT2D eigenvalue weighted by molar-refractivity contribution is -0.135. The molecule has 0 aromatic heterocycles. The maximum atomic E-state index is 12.6. The Kier molecular flexibility index (Phi) is 7.01. The molecule has 20 heavy (non-hydrogen) atoms. The molecular weight excluding hydrogens is 248 g/mol. The van der Waals surface area contributed by atoms with Crippen molar-refractivity contribution in [1.82, 2.24) is 4.90 Å². The molecule has 1 fully saturated rings. The lowest BCUT2D eigenvalue weighted by atomic mass is 9.66. The van der Waals surface area contributed by atoms with Gasteiger partial charge in [-0.05, 0) is 49.5 Å². The van der Waals surface area contributed by atoms with Crippen molar-refractivity contribution in [3.63, 3.8) is 0 Å². The third-order valence-electron chi connectivity index (χ3n) is 4.68. The van der Waals surface area contributed by atoms with Crippen molar-refractivity contribution in [2.24, 2.45) is 23.0 Å². The highest BCUT2D eigenvalue weighted by atomic mass is 16.2. The second kappa shape index (κ2) is 8.02. The minimum Gasteiger partial charge on any atom is -0.343 e. The summed E-state index contributed by atoms with van der Waals surface area (Å²) >= 11 is 0. The van der Waals surface area contributed by atoms with Gasteiger partial charge in [0.05, 0.1) is 0 Å². The van der Waals surface area contributed by atoms with Gasteiger partial charge in [0.2, 0.25) is 5.91 Å². The third-order valence-corrected chi connectivity index (χ3v) is 4.68. The van der Waals surface area contributed by atoms with E-state index >= 15 is 0 Å². The van der Waals surface area contributed by atoms with Gasteiger partial charge < -0.3 is 10.6 Å². The van der Waals surface area contributed by atoms with Crippen LogP contribution in [-0.4, -0.2) is 30.4 Å². The van der Waals surface area contributed by atoms with E-state index in [9.17, 15) is 4.79 Å². The van der Waals surface area contributed by atoms with Crippen LogP contribution in [0.15, 0.2) is 0 Å². The Morgan fingerprint density at radius 3 is 1.90 bits per heavy atom. The zero-order valence-corrected chi connectivity index (χ0v) is 14.0. The van der Waals surface area contributed by atoms with Crippen LogP contribution in [0, 0.1) is 17.3 Å². The fourth-order valence-electron chi connectivity index (χ4n) is 2.75. The molecule has 1 aliphatic carbocycles. The van der Waals surface area contributed by atoms with E-state index in [2.05, 4.69) is 32.6 Å². The van der Waals surface area contributed by atoms with E-state index in [4.69, 9.17) is 5.73 Å². The molecule has 1 saturated carbocycles. The maximum Gasteiger partial charge on any atom is 0.223 e. The number of hydrogen-bond acceptors (Lipinski definition) is 2. The first-order valence-corrected chi connectivity index (χ1v) is 8.36. The van der Waals surface area contributed by atoms with Crippen LogP contribution in [0.1, 0.15) is 66.2 Å². The van der Waals surface area contributed by atoms with Crippen molar-refractivity contribution in [2.45, 2.75) is 66.2 Å². The first-order valence-electron chi connectivity index (χ1n) is 8.36. The average molecular weight is 282 g/mol. The van der Waals surface area contributed by atoms with Crippen LogP contribution in [0.2, 0.25) is 0 Å². The van der Waals surface area contributed by atoms with E-state index in [0.29, 0.717) is 30.7 Å². The highest BCUT2D eigenvalue weighted by molar-refractivity contribution is 5.77. The molecule has 0 spiro atoms. The topological polar surface area (TPSA) is 46.3 Å². The summed E-state index contributed by atoms with van der Waals surface area (Å²) in [6, 6.07) is 0. The predicted molar refractivity (Wildman–Crippen MR) is 85.4 cm³/mol. The predicted octanol–water partition coefficient (Wildman–Crippen LogP) is 3.43. The fraction of sp³-hybridized carbons (Fsp3) is 0.941. The molecule has 0 radical (unpaired) electrons. The molecule has 118 valence electrons. The van der Waals surface area contributed by atoms with Crippen LogP contribution in [-0.2, 0) is 4.79 Å². The minimum atomic E-state index is 0.130. The normalized spacial score (nSPS) is 17.4. The van der Waals surface area contributed by atoms with Crippen molar-refractivity contribution < 1.29 is 4.79 Å². The summed E-state index contributed by atoms with van der Waals surface area (Å²) in [5, 5.41) is 0. The molecule has 0 aliphatic heterocycles. The molecule has 3 nitrogen and oxygen atoms in total. The summed E-state index contributed by atoms with van der Waals surface area (Å²) in [7, 11) is 0. The van der Waals surface area contributed by atoms with E-state index in [1.54, 1.807) is 0 Å². The molecule has 3 heteroatoms. The average Bonchev–Trinajstić information content (AvgIpc) is 2.32. The van der Waals surface area contributed by atoms with Crippen LogP contribution in [0.5, 0.6) is 0 Å². The van der Waals surface area contributed by atoms with Crippen LogP contribution in [0.4, 0.5) is 0 Å². The number of rotatable bonds is 9. The number of nitrogens with zero attached hydrogens (tertiary/aromatic N) is 1. The second-order valence-electron chi connectivity index (χ2n) is 7.48. The standard InChI is InChI=1S/C17H34N2O/c1-14(2)6-10-19(11-7-15(3)4)16(20)12-17(13-18)8-5-9-17/h14-15H,5-13,18H2,1-4H3. The van der Waals surface area contributed by atoms with Crippen LogP contribution in [0.25, 0.3) is 0 Å². The molecule has 0 aromatic carbocycles. The maximum absolute atomic E-state index is 12.6. The number of amides is 1. The molecule has 0 saturated heterocycles. The molecule has 0 atom stereocenters. The summed E-state index contributed by atoms with van der Waals surface area (Å²) in [5.74, 6) is 1.63. The Balaban J connectivity index is 2.53. The Bertz CT molecular complexity index is 278. The number of nitrogens with two attached hydrogens (primary N) is 1. The van der Waals surface area contributed by atoms with Crippen LogP contribution >= 0.6 is 0 Å². The highest BCUT2D eigenvalue weighted by Gasteiger charge is 2.38. The molecule has 1 aliphatic rings. The Labute approximate surface area is 125 Å². The monoisotopic (exact) mass is 282 g/mol. The summed E-state index contributed by atoms with van der Waals surface area (Å²) in [5.41, 5.74) is 6.02. The van der Waals surface area contributed by atoms with Crippen molar-refractivity contribution >= 4 is 5.91 Å². The van der Waals surface area contributed by atoms with Gasteiger partial charge in [-0.25, -0.2) is 0 Å². The van der Waals surface area contributed by atoms with Crippen molar-refractivity contribution in [1.29, 1.82) is 0 Å². The molecular formula is C17H34N2O.